The van der Waals surface area contributed by atoms with Crippen LogP contribution in [-0.2, 0) is 0 Å². The molecule has 0 aromatic rings. The molecule has 1 heteroatoms. The highest BCUT2D eigenvalue weighted by molar-refractivity contribution is 4.97. The van der Waals surface area contributed by atoms with E-state index < -0.39 is 0 Å². The maximum Gasteiger partial charge on any atom is 0.00982 e. The molecule has 0 aromatic heterocycles. The fourth-order valence-electron chi connectivity index (χ4n) is 3.74. The van der Waals surface area contributed by atoms with Crippen molar-refractivity contribution in [3.8, 4) is 0 Å². The van der Waals surface area contributed by atoms with Crippen molar-refractivity contribution in [3.05, 3.63) is 0 Å². The van der Waals surface area contributed by atoms with E-state index >= 15 is 0 Å². The normalized spacial score (nSPS) is 35.2. The largest absolute Gasteiger partial charge is 0.313 e. The average Bonchev–Trinajstić information content (AvgIpc) is 2.87. The Kier molecular flexibility index (Phi) is 3.36. The Balaban J connectivity index is 1.78. The predicted molar refractivity (Wildman–Crippen MR) is 70.5 cm³/mol. The number of nitrogens with one attached hydrogen (secondary N) is 1. The molecule has 2 fully saturated rings. The smallest absolute Gasteiger partial charge is 0.00982 e. The SMILES string of the molecule is CCCC1(CNC2CC(C)(C)CC2C)CC1. The Labute approximate surface area is 101 Å². The lowest BCUT2D eigenvalue weighted by Crippen LogP contribution is -2.36. The first-order chi connectivity index (χ1) is 7.46. The molecule has 0 amide bonds. The highest BCUT2D eigenvalue weighted by Crippen LogP contribution is 2.49. The quantitative estimate of drug-likeness (QED) is 0.743. The van der Waals surface area contributed by atoms with Crippen LogP contribution in [0.5, 0.6) is 0 Å². The van der Waals surface area contributed by atoms with Gasteiger partial charge in [-0.1, -0.05) is 34.1 Å². The van der Waals surface area contributed by atoms with Crippen molar-refractivity contribution in [1.82, 2.24) is 5.32 Å². The Hall–Kier alpha value is -0.0400. The second kappa shape index (κ2) is 4.33. The van der Waals surface area contributed by atoms with Crippen LogP contribution in [0.3, 0.4) is 0 Å². The average molecular weight is 223 g/mol. The monoisotopic (exact) mass is 223 g/mol. The number of hydrogen-bond acceptors (Lipinski definition) is 1. The zero-order valence-corrected chi connectivity index (χ0v) is 11.6. The second-order valence-corrected chi connectivity index (χ2v) is 7.29. The first-order valence-corrected chi connectivity index (χ1v) is 7.20. The van der Waals surface area contributed by atoms with Crippen molar-refractivity contribution >= 4 is 0 Å². The predicted octanol–water partition coefficient (Wildman–Crippen LogP) is 3.98. The van der Waals surface area contributed by atoms with E-state index in [1.807, 2.05) is 0 Å². The number of hydrogen-bond donors (Lipinski definition) is 1. The molecule has 0 aromatic carbocycles. The molecule has 0 saturated heterocycles. The summed E-state index contributed by atoms with van der Waals surface area (Å²) in [6.45, 7) is 10.9. The van der Waals surface area contributed by atoms with Crippen molar-refractivity contribution < 1.29 is 0 Å². The summed E-state index contributed by atoms with van der Waals surface area (Å²) >= 11 is 0. The molecule has 94 valence electrons. The summed E-state index contributed by atoms with van der Waals surface area (Å²) in [7, 11) is 0. The maximum absolute atomic E-state index is 3.87. The number of rotatable bonds is 5. The van der Waals surface area contributed by atoms with Gasteiger partial charge in [0.25, 0.3) is 0 Å². The third kappa shape index (κ3) is 2.80. The van der Waals surface area contributed by atoms with Crippen LogP contribution in [0.25, 0.3) is 0 Å². The Morgan fingerprint density at radius 1 is 1.19 bits per heavy atom. The van der Waals surface area contributed by atoms with Crippen molar-refractivity contribution in [2.75, 3.05) is 6.54 Å². The van der Waals surface area contributed by atoms with Gasteiger partial charge in [-0.15, -0.1) is 0 Å². The van der Waals surface area contributed by atoms with E-state index in [1.165, 1.54) is 45.1 Å². The first kappa shape index (κ1) is 12.4. The molecule has 1 N–H and O–H groups in total. The molecule has 2 rings (SSSR count). The van der Waals surface area contributed by atoms with Gasteiger partial charge in [0, 0.05) is 12.6 Å². The highest BCUT2D eigenvalue weighted by atomic mass is 15.0. The van der Waals surface area contributed by atoms with Gasteiger partial charge in [0.1, 0.15) is 0 Å². The lowest BCUT2D eigenvalue weighted by Gasteiger charge is -2.22. The van der Waals surface area contributed by atoms with Gasteiger partial charge in [0.2, 0.25) is 0 Å². The van der Waals surface area contributed by atoms with E-state index in [-0.39, 0.29) is 0 Å². The third-order valence-electron chi connectivity index (χ3n) is 4.81. The van der Waals surface area contributed by atoms with Gasteiger partial charge in [-0.3, -0.25) is 0 Å². The molecular weight excluding hydrogens is 194 g/mol. The molecule has 2 unspecified atom stereocenters. The summed E-state index contributed by atoms with van der Waals surface area (Å²) in [5, 5.41) is 3.87. The van der Waals surface area contributed by atoms with Gasteiger partial charge in [0.05, 0.1) is 0 Å². The van der Waals surface area contributed by atoms with Crippen molar-refractivity contribution in [1.29, 1.82) is 0 Å². The fourth-order valence-corrected chi connectivity index (χ4v) is 3.74. The lowest BCUT2D eigenvalue weighted by atomic mass is 9.91. The summed E-state index contributed by atoms with van der Waals surface area (Å²) in [6.07, 6.45) is 8.50. The van der Waals surface area contributed by atoms with E-state index in [0.29, 0.717) is 10.8 Å². The Bertz CT molecular complexity index is 240. The lowest BCUT2D eigenvalue weighted by molar-refractivity contribution is 0.341. The van der Waals surface area contributed by atoms with Gasteiger partial charge in [-0.05, 0) is 48.9 Å². The summed E-state index contributed by atoms with van der Waals surface area (Å²) in [6, 6.07) is 0.782. The van der Waals surface area contributed by atoms with Gasteiger partial charge < -0.3 is 5.32 Å². The molecular formula is C15H29N. The van der Waals surface area contributed by atoms with E-state index in [4.69, 9.17) is 0 Å². The highest BCUT2D eigenvalue weighted by Gasteiger charge is 2.43. The minimum Gasteiger partial charge on any atom is -0.313 e. The van der Waals surface area contributed by atoms with Gasteiger partial charge in [-0.2, -0.15) is 0 Å². The Morgan fingerprint density at radius 3 is 2.31 bits per heavy atom. The molecule has 16 heavy (non-hydrogen) atoms. The van der Waals surface area contributed by atoms with Crippen LogP contribution in [-0.4, -0.2) is 12.6 Å². The molecule has 1 nitrogen and oxygen atoms in total. The van der Waals surface area contributed by atoms with Crippen LogP contribution in [0.2, 0.25) is 0 Å². The molecule has 0 heterocycles. The van der Waals surface area contributed by atoms with Crippen LogP contribution < -0.4 is 5.32 Å². The maximum atomic E-state index is 3.87. The van der Waals surface area contributed by atoms with Crippen LogP contribution in [0.15, 0.2) is 0 Å². The van der Waals surface area contributed by atoms with E-state index in [9.17, 15) is 0 Å². The van der Waals surface area contributed by atoms with Gasteiger partial charge >= 0.3 is 0 Å². The summed E-state index contributed by atoms with van der Waals surface area (Å²) < 4.78 is 0. The zero-order chi connectivity index (χ0) is 11.8. The van der Waals surface area contributed by atoms with Crippen LogP contribution in [0, 0.1) is 16.7 Å². The van der Waals surface area contributed by atoms with Crippen LogP contribution >= 0.6 is 0 Å². The van der Waals surface area contributed by atoms with E-state index in [1.54, 1.807) is 0 Å². The van der Waals surface area contributed by atoms with Crippen LogP contribution in [0.4, 0.5) is 0 Å². The molecule has 2 aliphatic rings. The topological polar surface area (TPSA) is 12.0 Å². The molecule has 2 saturated carbocycles. The first-order valence-electron chi connectivity index (χ1n) is 7.20. The minimum absolute atomic E-state index is 0.568. The summed E-state index contributed by atoms with van der Waals surface area (Å²) in [5.41, 5.74) is 1.28. The summed E-state index contributed by atoms with van der Waals surface area (Å²) in [4.78, 5) is 0. The van der Waals surface area contributed by atoms with Crippen LogP contribution in [0.1, 0.15) is 66.2 Å². The molecule has 0 bridgehead atoms. The van der Waals surface area contributed by atoms with Gasteiger partial charge in [0.15, 0.2) is 0 Å². The third-order valence-corrected chi connectivity index (χ3v) is 4.81. The Morgan fingerprint density at radius 2 is 1.88 bits per heavy atom. The van der Waals surface area contributed by atoms with Crippen molar-refractivity contribution in [3.63, 3.8) is 0 Å². The summed E-state index contributed by atoms with van der Waals surface area (Å²) in [5.74, 6) is 0.868. The molecule has 0 aliphatic heterocycles. The van der Waals surface area contributed by atoms with Crippen molar-refractivity contribution in [2.45, 2.75) is 72.3 Å². The second-order valence-electron chi connectivity index (χ2n) is 7.29. The molecule has 0 radical (unpaired) electrons. The van der Waals surface area contributed by atoms with E-state index in [2.05, 4.69) is 33.0 Å². The zero-order valence-electron chi connectivity index (χ0n) is 11.6. The fraction of sp³-hybridized carbons (Fsp3) is 1.00. The van der Waals surface area contributed by atoms with E-state index in [0.717, 1.165) is 12.0 Å². The molecule has 0 spiro atoms. The standard InChI is InChI=1S/C15H29N/c1-5-6-15(7-8-15)11-16-13-10-14(3,4)9-12(13)2/h12-13,16H,5-11H2,1-4H3. The van der Waals surface area contributed by atoms with Gasteiger partial charge in [-0.25, -0.2) is 0 Å². The minimum atomic E-state index is 0.568. The molecule has 2 aliphatic carbocycles. The molecule has 2 atom stereocenters. The van der Waals surface area contributed by atoms with Crippen molar-refractivity contribution in [2.24, 2.45) is 16.7 Å².